The number of aryl methyl sites for hydroxylation is 1. The Kier molecular flexibility index (Phi) is 2.82. The molecule has 0 amide bonds. The first kappa shape index (κ1) is 10.9. The zero-order valence-electron chi connectivity index (χ0n) is 10.3. The monoisotopic (exact) mass is 214 g/mol. The Morgan fingerprint density at radius 3 is 2.62 bits per heavy atom. The summed E-state index contributed by atoms with van der Waals surface area (Å²) in [6, 6.07) is 8.59. The summed E-state index contributed by atoms with van der Waals surface area (Å²) in [5, 5.41) is 4.37. The van der Waals surface area contributed by atoms with Gasteiger partial charge in [0.1, 0.15) is 5.82 Å². The van der Waals surface area contributed by atoms with Crippen molar-refractivity contribution in [2.45, 2.75) is 26.7 Å². The number of hydrogen-bond donors (Lipinski definition) is 1. The van der Waals surface area contributed by atoms with Gasteiger partial charge in [0.05, 0.1) is 5.52 Å². The van der Waals surface area contributed by atoms with E-state index in [9.17, 15) is 0 Å². The number of pyridine rings is 1. The van der Waals surface area contributed by atoms with Gasteiger partial charge in [0.25, 0.3) is 0 Å². The summed E-state index contributed by atoms with van der Waals surface area (Å²) in [7, 11) is 1.92. The van der Waals surface area contributed by atoms with Gasteiger partial charge in [-0.25, -0.2) is 4.98 Å². The van der Waals surface area contributed by atoms with Gasteiger partial charge in [-0.15, -0.1) is 0 Å². The second kappa shape index (κ2) is 4.12. The molecular weight excluding hydrogens is 196 g/mol. The van der Waals surface area contributed by atoms with Crippen molar-refractivity contribution >= 4 is 16.7 Å². The van der Waals surface area contributed by atoms with E-state index >= 15 is 0 Å². The van der Waals surface area contributed by atoms with E-state index in [-0.39, 0.29) is 0 Å². The molecular formula is C14H18N2. The molecule has 1 N–H and O–H groups in total. The lowest BCUT2D eigenvalue weighted by Crippen LogP contribution is -1.98. The van der Waals surface area contributed by atoms with E-state index in [1.807, 2.05) is 7.05 Å². The highest BCUT2D eigenvalue weighted by molar-refractivity contribution is 5.85. The highest BCUT2D eigenvalue weighted by Crippen LogP contribution is 2.26. The van der Waals surface area contributed by atoms with Crippen LogP contribution in [-0.4, -0.2) is 12.0 Å². The molecule has 2 aromatic rings. The lowest BCUT2D eigenvalue weighted by Gasteiger charge is -2.12. The summed E-state index contributed by atoms with van der Waals surface area (Å²) in [5.41, 5.74) is 3.62. The van der Waals surface area contributed by atoms with E-state index in [1.165, 1.54) is 16.5 Å². The number of hydrogen-bond acceptors (Lipinski definition) is 2. The molecule has 16 heavy (non-hydrogen) atoms. The summed E-state index contributed by atoms with van der Waals surface area (Å²) in [5.74, 6) is 1.48. The van der Waals surface area contributed by atoms with Gasteiger partial charge in [-0.2, -0.15) is 0 Å². The number of nitrogens with zero attached hydrogens (tertiary/aromatic N) is 1. The SMILES string of the molecule is CNc1nc2c(C(C)C)cccc2cc1C. The van der Waals surface area contributed by atoms with Crippen molar-refractivity contribution < 1.29 is 0 Å². The molecule has 0 aliphatic carbocycles. The fourth-order valence-corrected chi connectivity index (χ4v) is 2.05. The third-order valence-corrected chi connectivity index (χ3v) is 2.93. The maximum atomic E-state index is 4.70. The minimum Gasteiger partial charge on any atom is -0.373 e. The van der Waals surface area contributed by atoms with Gasteiger partial charge in [0.15, 0.2) is 0 Å². The highest BCUT2D eigenvalue weighted by Gasteiger charge is 2.08. The van der Waals surface area contributed by atoms with Gasteiger partial charge in [-0.3, -0.25) is 0 Å². The molecule has 0 atom stereocenters. The van der Waals surface area contributed by atoms with E-state index < -0.39 is 0 Å². The van der Waals surface area contributed by atoms with Crippen LogP contribution in [0.1, 0.15) is 30.9 Å². The fourth-order valence-electron chi connectivity index (χ4n) is 2.05. The van der Waals surface area contributed by atoms with Gasteiger partial charge in [-0.05, 0) is 30.0 Å². The van der Waals surface area contributed by atoms with Crippen LogP contribution >= 0.6 is 0 Å². The first-order chi connectivity index (χ1) is 7.63. The van der Waals surface area contributed by atoms with E-state index in [4.69, 9.17) is 4.98 Å². The van der Waals surface area contributed by atoms with E-state index in [0.717, 1.165) is 11.3 Å². The Morgan fingerprint density at radius 1 is 1.25 bits per heavy atom. The van der Waals surface area contributed by atoms with Crippen LogP contribution in [-0.2, 0) is 0 Å². The van der Waals surface area contributed by atoms with Crippen LogP contribution in [0.4, 0.5) is 5.82 Å². The molecule has 1 heterocycles. The fraction of sp³-hybridized carbons (Fsp3) is 0.357. The number of para-hydroxylation sites is 1. The first-order valence-corrected chi connectivity index (χ1v) is 5.71. The second-order valence-electron chi connectivity index (χ2n) is 4.48. The first-order valence-electron chi connectivity index (χ1n) is 5.71. The van der Waals surface area contributed by atoms with Crippen molar-refractivity contribution in [2.24, 2.45) is 0 Å². The van der Waals surface area contributed by atoms with Crippen LogP contribution in [0.2, 0.25) is 0 Å². The summed E-state index contributed by atoms with van der Waals surface area (Å²) in [6.07, 6.45) is 0. The Hall–Kier alpha value is -1.57. The Balaban J connectivity index is 2.76. The highest BCUT2D eigenvalue weighted by atomic mass is 15.0. The predicted molar refractivity (Wildman–Crippen MR) is 70.1 cm³/mol. The molecule has 1 aromatic carbocycles. The van der Waals surface area contributed by atoms with Crippen molar-refractivity contribution in [3.05, 3.63) is 35.4 Å². The minimum absolute atomic E-state index is 0.503. The lowest BCUT2D eigenvalue weighted by atomic mass is 9.99. The molecule has 2 rings (SSSR count). The van der Waals surface area contributed by atoms with Crippen LogP contribution in [0, 0.1) is 6.92 Å². The zero-order valence-corrected chi connectivity index (χ0v) is 10.3. The van der Waals surface area contributed by atoms with Gasteiger partial charge in [0, 0.05) is 12.4 Å². The van der Waals surface area contributed by atoms with Crippen LogP contribution in [0.3, 0.4) is 0 Å². The second-order valence-corrected chi connectivity index (χ2v) is 4.48. The predicted octanol–water partition coefficient (Wildman–Crippen LogP) is 3.71. The minimum atomic E-state index is 0.503. The topological polar surface area (TPSA) is 24.9 Å². The number of nitrogens with one attached hydrogen (secondary N) is 1. The van der Waals surface area contributed by atoms with Crippen LogP contribution < -0.4 is 5.32 Å². The Morgan fingerprint density at radius 2 is 2.00 bits per heavy atom. The average Bonchev–Trinajstić information content (AvgIpc) is 2.26. The standard InChI is InChI=1S/C14H18N2/c1-9(2)12-7-5-6-11-8-10(3)14(15-4)16-13(11)12/h5-9H,1-4H3,(H,15,16). The summed E-state index contributed by atoms with van der Waals surface area (Å²) < 4.78 is 0. The summed E-state index contributed by atoms with van der Waals surface area (Å²) >= 11 is 0. The molecule has 0 radical (unpaired) electrons. The molecule has 2 heteroatoms. The molecule has 0 unspecified atom stereocenters. The molecule has 0 aliphatic rings. The number of rotatable bonds is 2. The third-order valence-electron chi connectivity index (χ3n) is 2.93. The molecule has 0 fully saturated rings. The number of benzene rings is 1. The zero-order chi connectivity index (χ0) is 11.7. The van der Waals surface area contributed by atoms with Crippen molar-refractivity contribution in [2.75, 3.05) is 12.4 Å². The summed E-state index contributed by atoms with van der Waals surface area (Å²) in [4.78, 5) is 4.70. The van der Waals surface area contributed by atoms with Crippen LogP contribution in [0.25, 0.3) is 10.9 Å². The maximum absolute atomic E-state index is 4.70. The van der Waals surface area contributed by atoms with Gasteiger partial charge in [-0.1, -0.05) is 32.0 Å². The largest absolute Gasteiger partial charge is 0.373 e. The van der Waals surface area contributed by atoms with E-state index in [0.29, 0.717) is 5.92 Å². The molecule has 0 saturated carbocycles. The normalized spacial score (nSPS) is 11.1. The number of anilines is 1. The van der Waals surface area contributed by atoms with Crippen LogP contribution in [0.5, 0.6) is 0 Å². The Bertz CT molecular complexity index is 515. The molecule has 84 valence electrons. The van der Waals surface area contributed by atoms with Gasteiger partial charge >= 0.3 is 0 Å². The van der Waals surface area contributed by atoms with Crippen molar-refractivity contribution in [3.8, 4) is 0 Å². The molecule has 0 bridgehead atoms. The van der Waals surface area contributed by atoms with Crippen LogP contribution in [0.15, 0.2) is 24.3 Å². The average molecular weight is 214 g/mol. The number of aromatic nitrogens is 1. The van der Waals surface area contributed by atoms with Gasteiger partial charge < -0.3 is 5.32 Å². The smallest absolute Gasteiger partial charge is 0.129 e. The Labute approximate surface area is 96.7 Å². The maximum Gasteiger partial charge on any atom is 0.129 e. The molecule has 0 saturated heterocycles. The van der Waals surface area contributed by atoms with Crippen molar-refractivity contribution in [3.63, 3.8) is 0 Å². The van der Waals surface area contributed by atoms with E-state index in [1.54, 1.807) is 0 Å². The molecule has 1 aromatic heterocycles. The third kappa shape index (κ3) is 1.75. The molecule has 0 spiro atoms. The van der Waals surface area contributed by atoms with Crippen molar-refractivity contribution in [1.82, 2.24) is 4.98 Å². The van der Waals surface area contributed by atoms with Gasteiger partial charge in [0.2, 0.25) is 0 Å². The quantitative estimate of drug-likeness (QED) is 0.824. The lowest BCUT2D eigenvalue weighted by molar-refractivity contribution is 0.873. The van der Waals surface area contributed by atoms with Crippen molar-refractivity contribution in [1.29, 1.82) is 0 Å². The molecule has 2 nitrogen and oxygen atoms in total. The number of fused-ring (bicyclic) bond motifs is 1. The van der Waals surface area contributed by atoms with E-state index in [2.05, 4.69) is 50.4 Å². The summed E-state index contributed by atoms with van der Waals surface area (Å²) in [6.45, 7) is 6.49. The molecule has 0 aliphatic heterocycles.